The summed E-state index contributed by atoms with van der Waals surface area (Å²) in [4.78, 5) is 11.8. The van der Waals surface area contributed by atoms with Gasteiger partial charge in [-0.1, -0.05) is 18.2 Å². The van der Waals surface area contributed by atoms with Crippen LogP contribution in [0.1, 0.15) is 0 Å². The van der Waals surface area contributed by atoms with Gasteiger partial charge in [0.1, 0.15) is 24.3 Å². The first kappa shape index (κ1) is 15.9. The molecule has 0 saturated carbocycles. The summed E-state index contributed by atoms with van der Waals surface area (Å²) in [5.41, 5.74) is 0.474. The van der Waals surface area contributed by atoms with Gasteiger partial charge in [0.15, 0.2) is 0 Å². The van der Waals surface area contributed by atoms with Crippen molar-refractivity contribution in [3.8, 4) is 17.2 Å². The molecule has 1 atom stereocenters. The number of aliphatic hydroxyl groups is 1. The molecule has 0 spiro atoms. The van der Waals surface area contributed by atoms with Gasteiger partial charge in [0.05, 0.1) is 6.54 Å². The summed E-state index contributed by atoms with van der Waals surface area (Å²) in [6.45, 7) is -0.0639. The summed E-state index contributed by atoms with van der Waals surface area (Å²) < 4.78 is 24.4. The van der Waals surface area contributed by atoms with Crippen molar-refractivity contribution in [1.82, 2.24) is 9.78 Å². The van der Waals surface area contributed by atoms with Gasteiger partial charge in [-0.2, -0.15) is 4.68 Å². The zero-order valence-electron chi connectivity index (χ0n) is 12.6. The molecule has 24 heavy (non-hydrogen) atoms. The lowest BCUT2D eigenvalue weighted by Crippen LogP contribution is -2.29. The zero-order chi connectivity index (χ0) is 16.9. The number of nitrogens with zero attached hydrogens (tertiary/aromatic N) is 2. The van der Waals surface area contributed by atoms with E-state index in [1.165, 1.54) is 24.3 Å². The van der Waals surface area contributed by atoms with E-state index < -0.39 is 17.7 Å². The molecule has 0 amide bonds. The van der Waals surface area contributed by atoms with E-state index in [1.807, 2.05) is 18.2 Å². The number of benzene rings is 2. The molecule has 0 radical (unpaired) electrons. The second-order valence-corrected chi connectivity index (χ2v) is 5.14. The highest BCUT2D eigenvalue weighted by Crippen LogP contribution is 2.15. The van der Waals surface area contributed by atoms with Crippen molar-refractivity contribution in [2.45, 2.75) is 12.6 Å². The van der Waals surface area contributed by atoms with E-state index in [0.717, 1.165) is 4.68 Å². The molecule has 0 aliphatic rings. The van der Waals surface area contributed by atoms with Crippen molar-refractivity contribution in [2.75, 3.05) is 6.61 Å². The fourth-order valence-electron chi connectivity index (χ4n) is 2.09. The first-order valence-corrected chi connectivity index (χ1v) is 7.31. The summed E-state index contributed by atoms with van der Waals surface area (Å²) in [6, 6.07) is 14.4. The van der Waals surface area contributed by atoms with E-state index in [4.69, 9.17) is 9.15 Å². The Bertz CT molecular complexity index is 843. The Balaban J connectivity index is 1.65. The first-order chi connectivity index (χ1) is 11.6. The third-order valence-electron chi connectivity index (χ3n) is 3.27. The van der Waals surface area contributed by atoms with Crippen molar-refractivity contribution in [3.05, 3.63) is 71.0 Å². The van der Waals surface area contributed by atoms with E-state index >= 15 is 0 Å². The maximum absolute atomic E-state index is 12.9. The fourth-order valence-corrected chi connectivity index (χ4v) is 2.09. The third-order valence-corrected chi connectivity index (χ3v) is 3.27. The largest absolute Gasteiger partial charge is 0.491 e. The molecule has 2 aromatic carbocycles. The van der Waals surface area contributed by atoms with Crippen LogP contribution >= 0.6 is 0 Å². The minimum absolute atomic E-state index is 0.00912. The number of hydrogen-bond donors (Lipinski definition) is 1. The normalized spacial score (nSPS) is 12.1. The van der Waals surface area contributed by atoms with Crippen LogP contribution < -0.4 is 10.5 Å². The topological polar surface area (TPSA) is 77.5 Å². The highest BCUT2D eigenvalue weighted by atomic mass is 19.1. The van der Waals surface area contributed by atoms with Crippen molar-refractivity contribution >= 4 is 0 Å². The van der Waals surface area contributed by atoms with Crippen LogP contribution in [0.5, 0.6) is 5.75 Å². The number of rotatable bonds is 6. The number of para-hydroxylation sites is 1. The smallest absolute Gasteiger partial charge is 0.437 e. The van der Waals surface area contributed by atoms with Gasteiger partial charge in [-0.3, -0.25) is 0 Å². The summed E-state index contributed by atoms with van der Waals surface area (Å²) in [7, 11) is 0. The lowest BCUT2D eigenvalue weighted by atomic mass is 10.2. The van der Waals surface area contributed by atoms with Gasteiger partial charge in [-0.05, 0) is 36.4 Å². The maximum Gasteiger partial charge on any atom is 0.437 e. The SMILES string of the molecule is O=c1oc(-c2ccc(F)cc2)nn1CC(O)COc1ccccc1. The Hall–Kier alpha value is -2.93. The van der Waals surface area contributed by atoms with Gasteiger partial charge in [-0.25, -0.2) is 9.18 Å². The molecule has 0 aliphatic heterocycles. The lowest BCUT2D eigenvalue weighted by Gasteiger charge is -2.11. The highest BCUT2D eigenvalue weighted by molar-refractivity contribution is 5.51. The summed E-state index contributed by atoms with van der Waals surface area (Å²) in [6.07, 6.45) is -0.936. The Labute approximate surface area is 136 Å². The minimum Gasteiger partial charge on any atom is -0.491 e. The maximum atomic E-state index is 12.9. The molecule has 3 rings (SSSR count). The van der Waals surface area contributed by atoms with Crippen molar-refractivity contribution in [3.63, 3.8) is 0 Å². The molecule has 1 heterocycles. The minimum atomic E-state index is -0.936. The molecule has 0 bridgehead atoms. The standard InChI is InChI=1S/C17H15FN2O4/c18-13-8-6-12(7-9-13)16-19-20(17(22)24-16)10-14(21)11-23-15-4-2-1-3-5-15/h1-9,14,21H,10-11H2. The predicted molar refractivity (Wildman–Crippen MR) is 84.1 cm³/mol. The van der Waals surface area contributed by atoms with E-state index in [0.29, 0.717) is 11.3 Å². The molecule has 1 unspecified atom stereocenters. The fraction of sp³-hybridized carbons (Fsp3) is 0.176. The second kappa shape index (κ2) is 7.10. The molecule has 0 fully saturated rings. The van der Waals surface area contributed by atoms with Gasteiger partial charge in [-0.15, -0.1) is 5.10 Å². The van der Waals surface area contributed by atoms with Crippen LogP contribution in [0.3, 0.4) is 0 Å². The number of aromatic nitrogens is 2. The average molecular weight is 330 g/mol. The molecular formula is C17H15FN2O4. The van der Waals surface area contributed by atoms with Gasteiger partial charge < -0.3 is 14.3 Å². The van der Waals surface area contributed by atoms with E-state index in [1.54, 1.807) is 12.1 Å². The molecule has 0 aliphatic carbocycles. The summed E-state index contributed by atoms with van der Waals surface area (Å²) in [5.74, 6) is -0.408. The molecule has 1 aromatic heterocycles. The first-order valence-electron chi connectivity index (χ1n) is 7.31. The molecular weight excluding hydrogens is 315 g/mol. The van der Waals surface area contributed by atoms with E-state index in [9.17, 15) is 14.3 Å². The van der Waals surface area contributed by atoms with Gasteiger partial charge in [0.2, 0.25) is 5.89 Å². The molecule has 124 valence electrons. The van der Waals surface area contributed by atoms with Crippen LogP contribution in [0.4, 0.5) is 4.39 Å². The van der Waals surface area contributed by atoms with Crippen LogP contribution in [-0.2, 0) is 6.54 Å². The number of ether oxygens (including phenoxy) is 1. The Kier molecular flexibility index (Phi) is 4.72. The van der Waals surface area contributed by atoms with E-state index in [2.05, 4.69) is 5.10 Å². The number of aliphatic hydroxyl groups excluding tert-OH is 1. The second-order valence-electron chi connectivity index (χ2n) is 5.14. The quantitative estimate of drug-likeness (QED) is 0.749. The monoisotopic (exact) mass is 330 g/mol. The van der Waals surface area contributed by atoms with Crippen LogP contribution in [0.2, 0.25) is 0 Å². The molecule has 3 aromatic rings. The lowest BCUT2D eigenvalue weighted by molar-refractivity contribution is 0.0875. The van der Waals surface area contributed by atoms with Gasteiger partial charge in [0.25, 0.3) is 0 Å². The molecule has 0 saturated heterocycles. The molecule has 7 heteroatoms. The van der Waals surface area contributed by atoms with Crippen LogP contribution in [-0.4, -0.2) is 27.6 Å². The Morgan fingerprint density at radius 2 is 1.88 bits per heavy atom. The van der Waals surface area contributed by atoms with Crippen molar-refractivity contribution < 1.29 is 18.7 Å². The number of hydrogen-bond acceptors (Lipinski definition) is 5. The Morgan fingerprint density at radius 3 is 2.58 bits per heavy atom. The van der Waals surface area contributed by atoms with Crippen LogP contribution in [0.15, 0.2) is 63.8 Å². The van der Waals surface area contributed by atoms with Gasteiger partial charge >= 0.3 is 5.76 Å². The predicted octanol–water partition coefficient (Wildman–Crippen LogP) is 2.08. The van der Waals surface area contributed by atoms with E-state index in [-0.39, 0.29) is 19.0 Å². The van der Waals surface area contributed by atoms with Crippen LogP contribution in [0.25, 0.3) is 11.5 Å². The number of halogens is 1. The third kappa shape index (κ3) is 3.88. The molecule has 1 N–H and O–H groups in total. The van der Waals surface area contributed by atoms with Crippen LogP contribution in [0, 0.1) is 5.82 Å². The van der Waals surface area contributed by atoms with Gasteiger partial charge in [0, 0.05) is 5.56 Å². The van der Waals surface area contributed by atoms with Crippen molar-refractivity contribution in [2.24, 2.45) is 0 Å². The summed E-state index contributed by atoms with van der Waals surface area (Å²) in [5, 5.41) is 14.0. The highest BCUT2D eigenvalue weighted by Gasteiger charge is 2.14. The molecule has 6 nitrogen and oxygen atoms in total. The zero-order valence-corrected chi connectivity index (χ0v) is 12.6. The van der Waals surface area contributed by atoms with Crippen molar-refractivity contribution in [1.29, 1.82) is 0 Å². The Morgan fingerprint density at radius 1 is 1.17 bits per heavy atom. The average Bonchev–Trinajstić information content (AvgIpc) is 2.95. The summed E-state index contributed by atoms with van der Waals surface area (Å²) >= 11 is 0.